The summed E-state index contributed by atoms with van der Waals surface area (Å²) in [5, 5.41) is 13.3. The van der Waals surface area contributed by atoms with E-state index in [0.29, 0.717) is 46.8 Å². The summed E-state index contributed by atoms with van der Waals surface area (Å²) < 4.78 is 24.1. The largest absolute Gasteiger partial charge is 0.493 e. The average Bonchev–Trinajstić information content (AvgIpc) is 3.45. The molecule has 1 aliphatic heterocycles. The zero-order valence-corrected chi connectivity index (χ0v) is 17.5. The first kappa shape index (κ1) is 19.5. The van der Waals surface area contributed by atoms with Crippen LogP contribution in [0, 0.1) is 0 Å². The summed E-state index contributed by atoms with van der Waals surface area (Å²) in [7, 11) is 3.13. The van der Waals surface area contributed by atoms with Crippen LogP contribution in [0.4, 0.5) is 0 Å². The van der Waals surface area contributed by atoms with Crippen LogP contribution in [0.2, 0.25) is 5.02 Å². The molecular weight excluding hydrogens is 422 g/mol. The van der Waals surface area contributed by atoms with E-state index in [1.54, 1.807) is 25.0 Å². The van der Waals surface area contributed by atoms with Crippen LogP contribution in [0.3, 0.4) is 0 Å². The van der Waals surface area contributed by atoms with E-state index in [0.717, 1.165) is 11.3 Å². The summed E-state index contributed by atoms with van der Waals surface area (Å²) in [5.41, 5.74) is 2.82. The summed E-state index contributed by atoms with van der Waals surface area (Å²) in [5.74, 6) is 1.69. The van der Waals surface area contributed by atoms with Crippen LogP contribution < -0.4 is 9.47 Å². The van der Waals surface area contributed by atoms with Crippen molar-refractivity contribution < 1.29 is 18.7 Å². The molecule has 2 aromatic heterocycles. The molecule has 0 saturated carbocycles. The van der Waals surface area contributed by atoms with E-state index in [-0.39, 0.29) is 12.0 Å². The van der Waals surface area contributed by atoms with Gasteiger partial charge in [0.2, 0.25) is 5.82 Å². The molecule has 158 valence electrons. The predicted octanol–water partition coefficient (Wildman–Crippen LogP) is 3.94. The molecule has 1 atom stereocenters. The molecule has 0 saturated heterocycles. The number of hydrogen-bond donors (Lipinski definition) is 0. The van der Waals surface area contributed by atoms with Gasteiger partial charge < -0.3 is 18.7 Å². The summed E-state index contributed by atoms with van der Waals surface area (Å²) in [4.78, 5) is 4.50. The summed E-state index contributed by atoms with van der Waals surface area (Å²) in [6.07, 6.45) is -0.211. The van der Waals surface area contributed by atoms with Gasteiger partial charge in [-0.15, -0.1) is 5.10 Å². The van der Waals surface area contributed by atoms with Crippen LogP contribution in [0.15, 0.2) is 47.0 Å². The van der Waals surface area contributed by atoms with Gasteiger partial charge in [-0.3, -0.25) is 0 Å². The molecule has 0 N–H and O–H groups in total. The van der Waals surface area contributed by atoms with Crippen LogP contribution in [-0.2, 0) is 17.9 Å². The maximum absolute atomic E-state index is 6.32. The Hall–Kier alpha value is -3.43. The number of ether oxygens (including phenoxy) is 3. The van der Waals surface area contributed by atoms with Gasteiger partial charge in [-0.05, 0) is 18.2 Å². The van der Waals surface area contributed by atoms with Crippen LogP contribution in [-0.4, -0.2) is 39.4 Å². The smallest absolute Gasteiger partial charge is 0.262 e. The molecule has 5 rings (SSSR count). The Morgan fingerprint density at radius 2 is 1.97 bits per heavy atom. The normalized spacial score (nSPS) is 15.5. The van der Waals surface area contributed by atoms with Gasteiger partial charge in [0.25, 0.3) is 5.89 Å². The fraction of sp³-hybridized carbons (Fsp3) is 0.238. The van der Waals surface area contributed by atoms with E-state index in [1.807, 2.05) is 36.4 Å². The third-order valence-corrected chi connectivity index (χ3v) is 5.47. The van der Waals surface area contributed by atoms with Gasteiger partial charge in [0.05, 0.1) is 38.6 Å². The Kier molecular flexibility index (Phi) is 5.05. The van der Waals surface area contributed by atoms with Crippen LogP contribution in [0.25, 0.3) is 23.0 Å². The Morgan fingerprint density at radius 3 is 2.77 bits per heavy atom. The van der Waals surface area contributed by atoms with E-state index in [2.05, 4.69) is 20.5 Å². The van der Waals surface area contributed by atoms with Crippen molar-refractivity contribution in [2.75, 3.05) is 14.2 Å². The van der Waals surface area contributed by atoms with Gasteiger partial charge in [-0.2, -0.15) is 4.98 Å². The molecule has 0 spiro atoms. The number of fused-ring (bicyclic) bond motifs is 1. The number of para-hydroxylation sites is 1. The first-order valence-corrected chi connectivity index (χ1v) is 9.91. The first-order chi connectivity index (χ1) is 15.2. The first-order valence-electron chi connectivity index (χ1n) is 9.53. The lowest BCUT2D eigenvalue weighted by Crippen LogP contribution is -2.22. The number of methoxy groups -OCH3 is 2. The Balaban J connectivity index is 1.45. The molecular formula is C21H18ClN5O4. The number of aromatic nitrogens is 5. The van der Waals surface area contributed by atoms with E-state index in [9.17, 15) is 0 Å². The van der Waals surface area contributed by atoms with Crippen molar-refractivity contribution in [3.63, 3.8) is 0 Å². The van der Waals surface area contributed by atoms with Gasteiger partial charge in [-0.25, -0.2) is 4.68 Å². The molecule has 0 unspecified atom stereocenters. The number of halogens is 1. The number of hydrogen-bond acceptors (Lipinski definition) is 8. The molecule has 31 heavy (non-hydrogen) atoms. The van der Waals surface area contributed by atoms with Crippen molar-refractivity contribution in [1.82, 2.24) is 25.1 Å². The molecule has 1 aliphatic rings. The molecule has 0 amide bonds. The highest BCUT2D eigenvalue weighted by atomic mass is 35.5. The standard InChI is InChI=1S/C21H18ClN5O4/c1-28-16-9-5-7-13(19(16)29-2)21-23-20(25-31-21)18-15-11-30-17(10-27(15)26-24-18)12-6-3-4-8-14(12)22/h3-9,17H,10-11H2,1-2H3/t17-/m0/s1. The lowest BCUT2D eigenvalue weighted by atomic mass is 10.1. The molecule has 9 nitrogen and oxygen atoms in total. The van der Waals surface area contributed by atoms with Crippen molar-refractivity contribution in [1.29, 1.82) is 0 Å². The summed E-state index contributed by atoms with van der Waals surface area (Å²) in [6, 6.07) is 13.0. The fourth-order valence-corrected chi connectivity index (χ4v) is 3.85. The second-order valence-electron chi connectivity index (χ2n) is 6.85. The highest BCUT2D eigenvalue weighted by molar-refractivity contribution is 6.31. The quantitative estimate of drug-likeness (QED) is 0.461. The lowest BCUT2D eigenvalue weighted by molar-refractivity contribution is -0.00106. The SMILES string of the molecule is COc1cccc(-c2nc(-c3nnn4c3CO[C@H](c3ccccc3Cl)C4)no2)c1OC. The molecule has 10 heteroatoms. The zero-order valence-electron chi connectivity index (χ0n) is 16.8. The third kappa shape index (κ3) is 3.41. The second-order valence-corrected chi connectivity index (χ2v) is 7.26. The maximum Gasteiger partial charge on any atom is 0.262 e. The molecule has 4 aromatic rings. The third-order valence-electron chi connectivity index (χ3n) is 5.12. The van der Waals surface area contributed by atoms with Crippen molar-refractivity contribution in [2.24, 2.45) is 0 Å². The van der Waals surface area contributed by atoms with Crippen molar-refractivity contribution in [3.05, 3.63) is 58.7 Å². The molecule has 3 heterocycles. The van der Waals surface area contributed by atoms with Crippen molar-refractivity contribution in [2.45, 2.75) is 19.3 Å². The molecule has 0 radical (unpaired) electrons. The Labute approximate surface area is 182 Å². The number of rotatable bonds is 5. The van der Waals surface area contributed by atoms with Crippen LogP contribution in [0.5, 0.6) is 11.5 Å². The molecule has 2 aromatic carbocycles. The molecule has 0 bridgehead atoms. The van der Waals surface area contributed by atoms with Gasteiger partial charge in [0.15, 0.2) is 17.2 Å². The minimum Gasteiger partial charge on any atom is -0.493 e. The van der Waals surface area contributed by atoms with E-state index >= 15 is 0 Å². The highest BCUT2D eigenvalue weighted by Crippen LogP contribution is 2.38. The molecule has 0 aliphatic carbocycles. The van der Waals surface area contributed by atoms with Gasteiger partial charge in [0.1, 0.15) is 6.10 Å². The lowest BCUT2D eigenvalue weighted by Gasteiger charge is -2.24. The van der Waals surface area contributed by atoms with Gasteiger partial charge in [-0.1, -0.05) is 46.2 Å². The van der Waals surface area contributed by atoms with E-state index in [4.69, 9.17) is 30.3 Å². The number of benzene rings is 2. The molecule has 0 fully saturated rings. The maximum atomic E-state index is 6.32. The predicted molar refractivity (Wildman–Crippen MR) is 111 cm³/mol. The van der Waals surface area contributed by atoms with Crippen LogP contribution >= 0.6 is 11.6 Å². The van der Waals surface area contributed by atoms with Crippen molar-refractivity contribution in [3.8, 4) is 34.5 Å². The highest BCUT2D eigenvalue weighted by Gasteiger charge is 2.29. The Bertz CT molecular complexity index is 1240. The minimum absolute atomic E-state index is 0.211. The monoisotopic (exact) mass is 439 g/mol. The zero-order chi connectivity index (χ0) is 21.4. The van der Waals surface area contributed by atoms with Crippen LogP contribution in [0.1, 0.15) is 17.4 Å². The van der Waals surface area contributed by atoms with E-state index < -0.39 is 0 Å². The topological polar surface area (TPSA) is 97.3 Å². The fourth-order valence-electron chi connectivity index (χ4n) is 3.59. The van der Waals surface area contributed by atoms with Gasteiger partial charge >= 0.3 is 0 Å². The average molecular weight is 440 g/mol. The van der Waals surface area contributed by atoms with Gasteiger partial charge in [0, 0.05) is 10.6 Å². The summed E-state index contributed by atoms with van der Waals surface area (Å²) >= 11 is 6.32. The van der Waals surface area contributed by atoms with E-state index in [1.165, 1.54) is 0 Å². The minimum atomic E-state index is -0.211. The van der Waals surface area contributed by atoms with Crippen molar-refractivity contribution >= 4 is 11.6 Å². The summed E-state index contributed by atoms with van der Waals surface area (Å²) in [6.45, 7) is 0.783. The second kappa shape index (κ2) is 8.01. The Morgan fingerprint density at radius 1 is 1.10 bits per heavy atom. The number of nitrogens with zero attached hydrogens (tertiary/aromatic N) is 5.